The van der Waals surface area contributed by atoms with Crippen LogP contribution >= 0.6 is 0 Å². The summed E-state index contributed by atoms with van der Waals surface area (Å²) < 4.78 is 0. The molecule has 120 valence electrons. The van der Waals surface area contributed by atoms with E-state index in [0.717, 1.165) is 49.4 Å². The highest BCUT2D eigenvalue weighted by molar-refractivity contribution is 5.79. The maximum Gasteiger partial charge on any atom is 0.223 e. The lowest BCUT2D eigenvalue weighted by Gasteiger charge is -2.12. The van der Waals surface area contributed by atoms with Crippen LogP contribution in [0.4, 0.5) is 5.82 Å². The number of aryl methyl sites for hydroxylation is 2. The van der Waals surface area contributed by atoms with Crippen LogP contribution in [0.1, 0.15) is 44.1 Å². The minimum Gasteiger partial charge on any atom is -0.368 e. The molecule has 2 N–H and O–H groups in total. The third-order valence-electron chi connectivity index (χ3n) is 3.76. The number of amides is 1. The van der Waals surface area contributed by atoms with Crippen LogP contribution in [0, 0.1) is 12.8 Å². The lowest BCUT2D eigenvalue weighted by Crippen LogP contribution is -2.33. The fraction of sp³-hybridized carbons (Fsp3) is 0.588. The van der Waals surface area contributed by atoms with E-state index in [9.17, 15) is 4.79 Å². The first kappa shape index (κ1) is 16.5. The molecule has 0 atom stereocenters. The number of nitrogens with one attached hydrogen (secondary N) is 2. The number of carbonyl (C=O) groups excluding carboxylic acids is 1. The molecule has 0 saturated carbocycles. The van der Waals surface area contributed by atoms with Crippen molar-refractivity contribution in [1.82, 2.24) is 15.3 Å². The summed E-state index contributed by atoms with van der Waals surface area (Å²) in [6.45, 7) is 5.44. The summed E-state index contributed by atoms with van der Waals surface area (Å²) in [5, 5.41) is 6.24. The normalized spacial score (nSPS) is 14.3. The number of aromatic nitrogens is 2. The molecule has 1 aliphatic rings. The summed E-state index contributed by atoms with van der Waals surface area (Å²) in [7, 11) is 0. The molecule has 0 fully saturated rings. The molecule has 0 unspecified atom stereocenters. The van der Waals surface area contributed by atoms with Gasteiger partial charge in [0.15, 0.2) is 0 Å². The van der Waals surface area contributed by atoms with Crippen molar-refractivity contribution >= 4 is 11.7 Å². The van der Waals surface area contributed by atoms with Crippen molar-refractivity contribution in [3.05, 3.63) is 29.7 Å². The molecule has 0 saturated heterocycles. The Labute approximate surface area is 132 Å². The zero-order chi connectivity index (χ0) is 15.8. The van der Waals surface area contributed by atoms with Gasteiger partial charge in [0.05, 0.1) is 0 Å². The first-order chi connectivity index (χ1) is 10.7. The smallest absolute Gasteiger partial charge is 0.223 e. The van der Waals surface area contributed by atoms with Crippen LogP contribution in [0.15, 0.2) is 18.2 Å². The first-order valence-electron chi connectivity index (χ1n) is 8.20. The van der Waals surface area contributed by atoms with E-state index in [0.29, 0.717) is 13.1 Å². The Hall–Kier alpha value is -1.91. The quantitative estimate of drug-likeness (QED) is 0.572. The van der Waals surface area contributed by atoms with Crippen molar-refractivity contribution in [3.63, 3.8) is 0 Å². The molecule has 0 radical (unpaired) electrons. The van der Waals surface area contributed by atoms with E-state index in [1.807, 2.05) is 13.0 Å². The zero-order valence-corrected chi connectivity index (χ0v) is 13.6. The van der Waals surface area contributed by atoms with Gasteiger partial charge in [0.1, 0.15) is 11.6 Å². The fourth-order valence-electron chi connectivity index (χ4n) is 2.52. The van der Waals surface area contributed by atoms with Crippen molar-refractivity contribution in [2.45, 2.75) is 46.0 Å². The van der Waals surface area contributed by atoms with Crippen molar-refractivity contribution in [2.75, 3.05) is 18.4 Å². The first-order valence-corrected chi connectivity index (χ1v) is 8.20. The number of unbranched alkanes of at least 4 members (excludes halogenated alkanes) is 1. The number of hydrogen-bond acceptors (Lipinski definition) is 4. The Bertz CT molecular complexity index is 519. The molecular formula is C17H26N4O. The lowest BCUT2D eigenvalue weighted by atomic mass is 10.1. The van der Waals surface area contributed by atoms with E-state index in [1.165, 1.54) is 0 Å². The Kier molecular flexibility index (Phi) is 6.37. The monoisotopic (exact) mass is 302 g/mol. The van der Waals surface area contributed by atoms with Gasteiger partial charge in [0.2, 0.25) is 5.91 Å². The van der Waals surface area contributed by atoms with Gasteiger partial charge in [-0.05, 0) is 26.2 Å². The van der Waals surface area contributed by atoms with Crippen LogP contribution in [-0.4, -0.2) is 29.0 Å². The molecule has 0 spiro atoms. The zero-order valence-electron chi connectivity index (χ0n) is 13.6. The fourth-order valence-corrected chi connectivity index (χ4v) is 2.52. The Morgan fingerprint density at radius 3 is 2.77 bits per heavy atom. The Morgan fingerprint density at radius 1 is 1.27 bits per heavy atom. The number of allylic oxidation sites excluding steroid dienone is 2. The van der Waals surface area contributed by atoms with Gasteiger partial charge in [-0.3, -0.25) is 4.79 Å². The van der Waals surface area contributed by atoms with Gasteiger partial charge in [-0.15, -0.1) is 0 Å². The van der Waals surface area contributed by atoms with Crippen molar-refractivity contribution in [2.24, 2.45) is 5.92 Å². The second kappa shape index (κ2) is 8.51. The minimum atomic E-state index is 0.127. The minimum absolute atomic E-state index is 0.127. The molecule has 0 bridgehead atoms. The second-order valence-electron chi connectivity index (χ2n) is 5.77. The van der Waals surface area contributed by atoms with Crippen LogP contribution in [0.25, 0.3) is 0 Å². The van der Waals surface area contributed by atoms with Crippen molar-refractivity contribution < 1.29 is 4.79 Å². The second-order valence-corrected chi connectivity index (χ2v) is 5.77. The number of hydrogen-bond donors (Lipinski definition) is 2. The number of rotatable bonds is 8. The summed E-state index contributed by atoms with van der Waals surface area (Å²) >= 11 is 0. The largest absolute Gasteiger partial charge is 0.368 e. The van der Waals surface area contributed by atoms with E-state index < -0.39 is 0 Å². The highest BCUT2D eigenvalue weighted by Gasteiger charge is 2.18. The molecule has 5 heteroatoms. The van der Waals surface area contributed by atoms with Crippen LogP contribution in [-0.2, 0) is 11.2 Å². The molecule has 1 heterocycles. The standard InChI is InChI=1S/C17H26N4O/c1-3-4-9-15-20-13(2)12-16(21-15)18-10-11-19-17(22)14-7-5-6-8-14/h5-6,12,14H,3-4,7-11H2,1-2H3,(H,19,22)(H,18,20,21). The van der Waals surface area contributed by atoms with Crippen molar-refractivity contribution in [1.29, 1.82) is 0 Å². The van der Waals surface area contributed by atoms with E-state index in [-0.39, 0.29) is 11.8 Å². The van der Waals surface area contributed by atoms with Gasteiger partial charge in [-0.25, -0.2) is 9.97 Å². The Morgan fingerprint density at radius 2 is 2.05 bits per heavy atom. The van der Waals surface area contributed by atoms with Crippen LogP contribution in [0.5, 0.6) is 0 Å². The Balaban J connectivity index is 1.74. The van der Waals surface area contributed by atoms with Crippen molar-refractivity contribution in [3.8, 4) is 0 Å². The average Bonchev–Trinajstić information content (AvgIpc) is 3.03. The summed E-state index contributed by atoms with van der Waals surface area (Å²) in [5.41, 5.74) is 0.977. The average molecular weight is 302 g/mol. The van der Waals surface area contributed by atoms with E-state index in [2.05, 4.69) is 39.7 Å². The molecule has 22 heavy (non-hydrogen) atoms. The van der Waals surface area contributed by atoms with Gasteiger partial charge >= 0.3 is 0 Å². The summed E-state index contributed by atoms with van der Waals surface area (Å²) in [5.74, 6) is 2.01. The van der Waals surface area contributed by atoms with Crippen LogP contribution in [0.3, 0.4) is 0 Å². The van der Waals surface area contributed by atoms with Gasteiger partial charge in [0, 0.05) is 37.2 Å². The molecule has 1 aromatic rings. The third-order valence-corrected chi connectivity index (χ3v) is 3.76. The van der Waals surface area contributed by atoms with E-state index in [4.69, 9.17) is 0 Å². The molecule has 1 amide bonds. The summed E-state index contributed by atoms with van der Waals surface area (Å²) in [6.07, 6.45) is 9.04. The third kappa shape index (κ3) is 5.13. The predicted octanol–water partition coefficient (Wildman–Crippen LogP) is 2.62. The maximum atomic E-state index is 11.9. The summed E-state index contributed by atoms with van der Waals surface area (Å²) in [6, 6.07) is 1.94. The van der Waals surface area contributed by atoms with Crippen LogP contribution < -0.4 is 10.6 Å². The van der Waals surface area contributed by atoms with Gasteiger partial charge in [-0.1, -0.05) is 25.5 Å². The maximum absolute atomic E-state index is 11.9. The van der Waals surface area contributed by atoms with Gasteiger partial charge in [0.25, 0.3) is 0 Å². The van der Waals surface area contributed by atoms with Gasteiger partial charge in [-0.2, -0.15) is 0 Å². The lowest BCUT2D eigenvalue weighted by molar-refractivity contribution is -0.124. The highest BCUT2D eigenvalue weighted by Crippen LogP contribution is 2.17. The predicted molar refractivity (Wildman–Crippen MR) is 88.7 cm³/mol. The SMILES string of the molecule is CCCCc1nc(C)cc(NCCNC(=O)C2CC=CC2)n1. The van der Waals surface area contributed by atoms with Crippen LogP contribution in [0.2, 0.25) is 0 Å². The highest BCUT2D eigenvalue weighted by atomic mass is 16.1. The molecular weight excluding hydrogens is 276 g/mol. The molecule has 0 aromatic carbocycles. The molecule has 1 aromatic heterocycles. The molecule has 0 aliphatic heterocycles. The molecule has 1 aliphatic carbocycles. The number of anilines is 1. The number of carbonyl (C=O) groups is 1. The van der Waals surface area contributed by atoms with E-state index in [1.54, 1.807) is 0 Å². The van der Waals surface area contributed by atoms with Gasteiger partial charge < -0.3 is 10.6 Å². The molecule has 2 rings (SSSR count). The summed E-state index contributed by atoms with van der Waals surface area (Å²) in [4.78, 5) is 20.9. The topological polar surface area (TPSA) is 66.9 Å². The molecule has 5 nitrogen and oxygen atoms in total. The number of nitrogens with zero attached hydrogens (tertiary/aromatic N) is 2. The van der Waals surface area contributed by atoms with E-state index >= 15 is 0 Å².